The first-order valence-electron chi connectivity index (χ1n) is 6.38. The zero-order valence-electron chi connectivity index (χ0n) is 10.9. The highest BCUT2D eigenvalue weighted by Gasteiger charge is 2.15. The van der Waals surface area contributed by atoms with Gasteiger partial charge >= 0.3 is 0 Å². The third-order valence-corrected chi connectivity index (χ3v) is 3.46. The van der Waals surface area contributed by atoms with Crippen molar-refractivity contribution in [1.82, 2.24) is 10.3 Å². The minimum absolute atomic E-state index is 0.124. The highest BCUT2D eigenvalue weighted by molar-refractivity contribution is 6.31. The van der Waals surface area contributed by atoms with Crippen LogP contribution in [0.25, 0.3) is 0 Å². The Morgan fingerprint density at radius 1 is 1.32 bits per heavy atom. The minimum Gasteiger partial charge on any atom is -0.398 e. The number of rotatable bonds is 5. The molecule has 1 atom stereocenters. The predicted molar refractivity (Wildman–Crippen MR) is 80.2 cm³/mol. The molecule has 2 rings (SSSR count). The second kappa shape index (κ2) is 6.55. The van der Waals surface area contributed by atoms with Crippen LogP contribution >= 0.6 is 11.6 Å². The van der Waals surface area contributed by atoms with Gasteiger partial charge in [-0.15, -0.1) is 0 Å². The van der Waals surface area contributed by atoms with E-state index in [1.54, 1.807) is 6.20 Å². The molecule has 1 aromatic carbocycles. The van der Waals surface area contributed by atoms with Crippen molar-refractivity contribution < 1.29 is 0 Å². The second-order valence-electron chi connectivity index (χ2n) is 4.41. The number of halogens is 1. The largest absolute Gasteiger partial charge is 0.398 e. The fourth-order valence-electron chi connectivity index (χ4n) is 2.13. The average molecular weight is 276 g/mol. The molecule has 4 heteroatoms. The van der Waals surface area contributed by atoms with Crippen LogP contribution in [-0.4, -0.2) is 11.5 Å². The van der Waals surface area contributed by atoms with Gasteiger partial charge in [0.25, 0.3) is 0 Å². The molecule has 0 bridgehead atoms. The molecule has 0 radical (unpaired) electrons. The summed E-state index contributed by atoms with van der Waals surface area (Å²) in [5.74, 6) is 0. The van der Waals surface area contributed by atoms with Gasteiger partial charge in [-0.1, -0.05) is 36.7 Å². The first-order chi connectivity index (χ1) is 9.22. The quantitative estimate of drug-likeness (QED) is 0.881. The monoisotopic (exact) mass is 275 g/mol. The summed E-state index contributed by atoms with van der Waals surface area (Å²) in [7, 11) is 0. The molecule has 3 N–H and O–H groups in total. The number of anilines is 1. The van der Waals surface area contributed by atoms with Crippen LogP contribution in [0.4, 0.5) is 5.69 Å². The molecular weight excluding hydrogens is 258 g/mol. The maximum atomic E-state index is 6.22. The third kappa shape index (κ3) is 3.46. The Labute approximate surface area is 118 Å². The standard InChI is InChI=1S/C15H18ClN3/c1-2-19-15(12-10-18-8-7-14(12)17)9-11-5-3-4-6-13(11)16/h3-8,10,15,19H,2,9H2,1H3,(H2,17,18). The van der Waals surface area contributed by atoms with E-state index >= 15 is 0 Å². The zero-order valence-corrected chi connectivity index (χ0v) is 11.7. The lowest BCUT2D eigenvalue weighted by molar-refractivity contribution is 0.550. The first kappa shape index (κ1) is 13.8. The number of nitrogen functional groups attached to an aromatic ring is 1. The number of nitrogens with zero attached hydrogens (tertiary/aromatic N) is 1. The fraction of sp³-hybridized carbons (Fsp3) is 0.267. The molecule has 1 heterocycles. The lowest BCUT2D eigenvalue weighted by atomic mass is 9.99. The minimum atomic E-state index is 0.124. The molecule has 0 spiro atoms. The van der Waals surface area contributed by atoms with Crippen LogP contribution < -0.4 is 11.1 Å². The molecule has 0 aliphatic rings. The molecular formula is C15H18ClN3. The molecule has 0 saturated heterocycles. The van der Waals surface area contributed by atoms with Crippen LogP contribution in [0.1, 0.15) is 24.1 Å². The van der Waals surface area contributed by atoms with Crippen molar-refractivity contribution in [2.24, 2.45) is 0 Å². The van der Waals surface area contributed by atoms with Crippen molar-refractivity contribution in [2.75, 3.05) is 12.3 Å². The van der Waals surface area contributed by atoms with E-state index in [0.29, 0.717) is 0 Å². The van der Waals surface area contributed by atoms with E-state index in [9.17, 15) is 0 Å². The Bertz CT molecular complexity index is 542. The molecule has 0 aliphatic carbocycles. The van der Waals surface area contributed by atoms with Crippen molar-refractivity contribution in [2.45, 2.75) is 19.4 Å². The summed E-state index contributed by atoms with van der Waals surface area (Å²) in [6, 6.07) is 9.83. The second-order valence-corrected chi connectivity index (χ2v) is 4.82. The molecule has 1 unspecified atom stereocenters. The van der Waals surface area contributed by atoms with Crippen molar-refractivity contribution in [3.8, 4) is 0 Å². The van der Waals surface area contributed by atoms with Gasteiger partial charge in [0.2, 0.25) is 0 Å². The van der Waals surface area contributed by atoms with Gasteiger partial charge < -0.3 is 11.1 Å². The van der Waals surface area contributed by atoms with Crippen LogP contribution in [0.5, 0.6) is 0 Å². The molecule has 0 saturated carbocycles. The van der Waals surface area contributed by atoms with E-state index < -0.39 is 0 Å². The summed E-state index contributed by atoms with van der Waals surface area (Å²) < 4.78 is 0. The Balaban J connectivity index is 2.27. The van der Waals surface area contributed by atoms with Crippen molar-refractivity contribution in [3.05, 3.63) is 58.9 Å². The molecule has 0 aliphatic heterocycles. The van der Waals surface area contributed by atoms with Gasteiger partial charge in [0, 0.05) is 34.7 Å². The Kier molecular flexibility index (Phi) is 4.77. The fourth-order valence-corrected chi connectivity index (χ4v) is 2.34. The van der Waals surface area contributed by atoms with E-state index in [1.807, 2.05) is 36.5 Å². The van der Waals surface area contributed by atoms with Gasteiger partial charge in [-0.05, 0) is 30.7 Å². The maximum absolute atomic E-state index is 6.22. The van der Waals surface area contributed by atoms with Crippen molar-refractivity contribution >= 4 is 17.3 Å². The van der Waals surface area contributed by atoms with Crippen LogP contribution in [0, 0.1) is 0 Å². The molecule has 100 valence electrons. The molecule has 19 heavy (non-hydrogen) atoms. The SMILES string of the molecule is CCNC(Cc1ccccc1Cl)c1cnccc1N. The lowest BCUT2D eigenvalue weighted by Crippen LogP contribution is -2.24. The van der Waals surface area contributed by atoms with E-state index in [2.05, 4.69) is 17.2 Å². The Morgan fingerprint density at radius 3 is 2.79 bits per heavy atom. The lowest BCUT2D eigenvalue weighted by Gasteiger charge is -2.20. The smallest absolute Gasteiger partial charge is 0.0438 e. The first-order valence-corrected chi connectivity index (χ1v) is 6.76. The van der Waals surface area contributed by atoms with Gasteiger partial charge in [-0.25, -0.2) is 0 Å². The summed E-state index contributed by atoms with van der Waals surface area (Å²) in [5.41, 5.74) is 8.92. The Hall–Kier alpha value is -1.58. The number of likely N-dealkylation sites (N-methyl/N-ethyl adjacent to an activating group) is 1. The maximum Gasteiger partial charge on any atom is 0.0438 e. The Morgan fingerprint density at radius 2 is 2.11 bits per heavy atom. The van der Waals surface area contributed by atoms with Gasteiger partial charge in [0.15, 0.2) is 0 Å². The average Bonchev–Trinajstić information content (AvgIpc) is 2.41. The van der Waals surface area contributed by atoms with Gasteiger partial charge in [-0.3, -0.25) is 4.98 Å². The number of hydrogen-bond donors (Lipinski definition) is 2. The number of benzene rings is 1. The van der Waals surface area contributed by atoms with E-state index in [4.69, 9.17) is 17.3 Å². The van der Waals surface area contributed by atoms with Crippen LogP contribution in [0.3, 0.4) is 0 Å². The van der Waals surface area contributed by atoms with Gasteiger partial charge in [-0.2, -0.15) is 0 Å². The van der Waals surface area contributed by atoms with E-state index in [0.717, 1.165) is 34.8 Å². The molecule has 2 aromatic rings. The highest BCUT2D eigenvalue weighted by Crippen LogP contribution is 2.26. The molecule has 0 amide bonds. The summed E-state index contributed by atoms with van der Waals surface area (Å²) >= 11 is 6.22. The number of nitrogens with two attached hydrogens (primary N) is 1. The van der Waals surface area contributed by atoms with Crippen LogP contribution in [0.2, 0.25) is 5.02 Å². The molecule has 1 aromatic heterocycles. The number of pyridine rings is 1. The van der Waals surface area contributed by atoms with Gasteiger partial charge in [0.1, 0.15) is 0 Å². The summed E-state index contributed by atoms with van der Waals surface area (Å²) in [6.07, 6.45) is 4.32. The van der Waals surface area contributed by atoms with Crippen LogP contribution in [-0.2, 0) is 6.42 Å². The third-order valence-electron chi connectivity index (χ3n) is 3.09. The number of aromatic nitrogens is 1. The zero-order chi connectivity index (χ0) is 13.7. The predicted octanol–water partition coefficient (Wildman–Crippen LogP) is 3.21. The summed E-state index contributed by atoms with van der Waals surface area (Å²) in [5, 5.41) is 4.22. The van der Waals surface area contributed by atoms with E-state index in [-0.39, 0.29) is 6.04 Å². The normalized spacial score (nSPS) is 12.3. The highest BCUT2D eigenvalue weighted by atomic mass is 35.5. The van der Waals surface area contributed by atoms with E-state index in [1.165, 1.54) is 0 Å². The number of nitrogens with one attached hydrogen (secondary N) is 1. The molecule has 3 nitrogen and oxygen atoms in total. The van der Waals surface area contributed by atoms with Crippen LogP contribution in [0.15, 0.2) is 42.7 Å². The topological polar surface area (TPSA) is 50.9 Å². The molecule has 0 fully saturated rings. The van der Waals surface area contributed by atoms with Crippen molar-refractivity contribution in [1.29, 1.82) is 0 Å². The summed E-state index contributed by atoms with van der Waals surface area (Å²) in [6.45, 7) is 2.94. The number of hydrogen-bond acceptors (Lipinski definition) is 3. The summed E-state index contributed by atoms with van der Waals surface area (Å²) in [4.78, 5) is 4.16. The van der Waals surface area contributed by atoms with Gasteiger partial charge in [0.05, 0.1) is 0 Å². The van der Waals surface area contributed by atoms with Crippen molar-refractivity contribution in [3.63, 3.8) is 0 Å².